The van der Waals surface area contributed by atoms with Gasteiger partial charge in [-0.05, 0) is 31.1 Å². The lowest BCUT2D eigenvalue weighted by molar-refractivity contribution is 0.737. The Hall–Kier alpha value is -0.860. The van der Waals surface area contributed by atoms with Crippen LogP contribution in [0.5, 0.6) is 0 Å². The van der Waals surface area contributed by atoms with Crippen LogP contribution in [0.4, 0.5) is 0 Å². The highest BCUT2D eigenvalue weighted by Crippen LogP contribution is 1.99. The summed E-state index contributed by atoms with van der Waals surface area (Å²) >= 11 is 5.54. The molecule has 0 aromatic carbocycles. The Morgan fingerprint density at radius 2 is 2.36 bits per heavy atom. The van der Waals surface area contributed by atoms with Crippen molar-refractivity contribution < 1.29 is 0 Å². The zero-order valence-corrected chi connectivity index (χ0v) is 9.30. The van der Waals surface area contributed by atoms with Crippen molar-refractivity contribution in [2.45, 2.75) is 20.4 Å². The van der Waals surface area contributed by atoms with E-state index in [1.807, 2.05) is 26.1 Å². The second-order valence-electron chi connectivity index (χ2n) is 3.37. The predicted molar refractivity (Wildman–Crippen MR) is 60.3 cm³/mol. The molecule has 1 aromatic rings. The van der Waals surface area contributed by atoms with Crippen molar-refractivity contribution >= 4 is 11.6 Å². The van der Waals surface area contributed by atoms with Crippen LogP contribution in [0.25, 0.3) is 0 Å². The van der Waals surface area contributed by atoms with E-state index in [1.54, 1.807) is 5.54 Å². The smallest absolute Gasteiger partial charge is 0.0372 e. The molecule has 0 radical (unpaired) electrons. The fourth-order valence-corrected chi connectivity index (χ4v) is 1.12. The van der Waals surface area contributed by atoms with Gasteiger partial charge in [0.05, 0.1) is 0 Å². The number of aromatic nitrogens is 1. The molecule has 0 saturated carbocycles. The highest BCUT2D eigenvalue weighted by molar-refractivity contribution is 6.25. The molecule has 3 heteroatoms. The van der Waals surface area contributed by atoms with Crippen molar-refractivity contribution in [3.05, 3.63) is 40.7 Å². The number of halogens is 1. The molecule has 0 atom stereocenters. The quantitative estimate of drug-likeness (QED) is 0.827. The summed E-state index contributed by atoms with van der Waals surface area (Å²) in [6.07, 6.45) is 1.89. The molecule has 0 bridgehead atoms. The normalized spacial score (nSPS) is 11.8. The van der Waals surface area contributed by atoms with Crippen LogP contribution in [0.15, 0.2) is 29.4 Å². The van der Waals surface area contributed by atoms with E-state index in [0.717, 1.165) is 24.4 Å². The topological polar surface area (TPSA) is 24.9 Å². The maximum atomic E-state index is 5.54. The summed E-state index contributed by atoms with van der Waals surface area (Å²) in [6.45, 7) is 5.62. The van der Waals surface area contributed by atoms with E-state index in [1.165, 1.54) is 5.56 Å². The Bertz CT molecular complexity index is 304. The third-order valence-electron chi connectivity index (χ3n) is 1.89. The van der Waals surface area contributed by atoms with Gasteiger partial charge in [0, 0.05) is 30.5 Å². The van der Waals surface area contributed by atoms with Gasteiger partial charge < -0.3 is 5.32 Å². The maximum Gasteiger partial charge on any atom is 0.0372 e. The van der Waals surface area contributed by atoms with E-state index in [2.05, 4.69) is 16.4 Å². The Balaban J connectivity index is 2.35. The molecule has 0 aliphatic carbocycles. The van der Waals surface area contributed by atoms with Crippen molar-refractivity contribution in [3.63, 3.8) is 0 Å². The van der Waals surface area contributed by atoms with Gasteiger partial charge >= 0.3 is 0 Å². The molecule has 1 rings (SSSR count). The number of rotatable bonds is 4. The molecule has 0 saturated heterocycles. The van der Waals surface area contributed by atoms with Crippen LogP contribution in [0.1, 0.15) is 18.2 Å². The molecule has 0 unspecified atom stereocenters. The predicted octanol–water partition coefficient (Wildman–Crippen LogP) is 2.62. The first-order valence-electron chi connectivity index (χ1n) is 4.60. The third-order valence-corrected chi connectivity index (χ3v) is 2.26. The summed E-state index contributed by atoms with van der Waals surface area (Å²) in [6, 6.07) is 4.09. The van der Waals surface area contributed by atoms with Gasteiger partial charge in [-0.15, -0.1) is 0 Å². The van der Waals surface area contributed by atoms with Crippen LogP contribution in [0, 0.1) is 6.92 Å². The van der Waals surface area contributed by atoms with E-state index < -0.39 is 0 Å². The fraction of sp³-hybridized carbons (Fsp3) is 0.364. The summed E-state index contributed by atoms with van der Waals surface area (Å²) in [5.41, 5.74) is 4.97. The first kappa shape index (κ1) is 11.2. The molecule has 1 heterocycles. The lowest BCUT2D eigenvalue weighted by atomic mass is 10.2. The SMILES string of the molecule is C/C(=C/Cl)CNCc1ccc(C)nc1. The molecule has 14 heavy (non-hydrogen) atoms. The van der Waals surface area contributed by atoms with Gasteiger partial charge in [0.25, 0.3) is 0 Å². The van der Waals surface area contributed by atoms with Crippen molar-refractivity contribution in [2.24, 2.45) is 0 Å². The van der Waals surface area contributed by atoms with Gasteiger partial charge in [0.15, 0.2) is 0 Å². The van der Waals surface area contributed by atoms with Crippen LogP contribution >= 0.6 is 11.6 Å². The highest BCUT2D eigenvalue weighted by Gasteiger charge is 1.93. The van der Waals surface area contributed by atoms with Crippen LogP contribution in [-0.2, 0) is 6.54 Å². The second-order valence-corrected chi connectivity index (χ2v) is 3.59. The summed E-state index contributed by atoms with van der Waals surface area (Å²) in [5.74, 6) is 0. The molecule has 76 valence electrons. The minimum absolute atomic E-state index is 0.817. The summed E-state index contributed by atoms with van der Waals surface area (Å²) in [4.78, 5) is 4.22. The standard InChI is InChI=1S/C11H15ClN2/c1-9(5-12)6-13-7-11-4-3-10(2)14-8-11/h3-5,8,13H,6-7H2,1-2H3/b9-5-. The number of aryl methyl sites for hydroxylation is 1. The first-order chi connectivity index (χ1) is 6.72. The molecule has 0 fully saturated rings. The van der Waals surface area contributed by atoms with Gasteiger partial charge in [-0.25, -0.2) is 0 Å². The van der Waals surface area contributed by atoms with Gasteiger partial charge in [-0.2, -0.15) is 0 Å². The summed E-state index contributed by atoms with van der Waals surface area (Å²) in [7, 11) is 0. The van der Waals surface area contributed by atoms with Gasteiger partial charge in [0.2, 0.25) is 0 Å². The number of hydrogen-bond donors (Lipinski definition) is 1. The van der Waals surface area contributed by atoms with Crippen LogP contribution < -0.4 is 5.32 Å². The van der Waals surface area contributed by atoms with Crippen molar-refractivity contribution in [3.8, 4) is 0 Å². The maximum absolute atomic E-state index is 5.54. The number of pyridine rings is 1. The lowest BCUT2D eigenvalue weighted by Gasteiger charge is -2.04. The largest absolute Gasteiger partial charge is 0.309 e. The van der Waals surface area contributed by atoms with Crippen LogP contribution in [0.3, 0.4) is 0 Å². The van der Waals surface area contributed by atoms with E-state index in [4.69, 9.17) is 11.6 Å². The molecule has 0 spiro atoms. The summed E-state index contributed by atoms with van der Waals surface area (Å²) < 4.78 is 0. The summed E-state index contributed by atoms with van der Waals surface area (Å²) in [5, 5.41) is 3.28. The molecular formula is C11H15ClN2. The number of nitrogens with zero attached hydrogens (tertiary/aromatic N) is 1. The average Bonchev–Trinajstić information content (AvgIpc) is 2.21. The van der Waals surface area contributed by atoms with Crippen molar-refractivity contribution in [1.82, 2.24) is 10.3 Å². The zero-order chi connectivity index (χ0) is 10.4. The first-order valence-corrected chi connectivity index (χ1v) is 5.04. The van der Waals surface area contributed by atoms with Crippen LogP contribution in [-0.4, -0.2) is 11.5 Å². The van der Waals surface area contributed by atoms with Crippen LogP contribution in [0.2, 0.25) is 0 Å². The average molecular weight is 211 g/mol. The minimum Gasteiger partial charge on any atom is -0.309 e. The zero-order valence-electron chi connectivity index (χ0n) is 8.55. The molecule has 0 amide bonds. The molecule has 1 aromatic heterocycles. The van der Waals surface area contributed by atoms with Crippen molar-refractivity contribution in [2.75, 3.05) is 6.54 Å². The van der Waals surface area contributed by atoms with E-state index in [-0.39, 0.29) is 0 Å². The van der Waals surface area contributed by atoms with Gasteiger partial charge in [0.1, 0.15) is 0 Å². The molecule has 0 aliphatic heterocycles. The molecular weight excluding hydrogens is 196 g/mol. The minimum atomic E-state index is 0.817. The highest BCUT2D eigenvalue weighted by atomic mass is 35.5. The van der Waals surface area contributed by atoms with Gasteiger partial charge in [-0.1, -0.05) is 17.7 Å². The van der Waals surface area contributed by atoms with E-state index in [0.29, 0.717) is 0 Å². The Morgan fingerprint density at radius 3 is 2.93 bits per heavy atom. The van der Waals surface area contributed by atoms with Gasteiger partial charge in [-0.3, -0.25) is 4.98 Å². The molecule has 2 nitrogen and oxygen atoms in total. The van der Waals surface area contributed by atoms with Crippen molar-refractivity contribution in [1.29, 1.82) is 0 Å². The molecule has 1 N–H and O–H groups in total. The monoisotopic (exact) mass is 210 g/mol. The van der Waals surface area contributed by atoms with E-state index >= 15 is 0 Å². The Kier molecular flexibility index (Phi) is 4.63. The van der Waals surface area contributed by atoms with E-state index in [9.17, 15) is 0 Å². The molecule has 0 aliphatic rings. The Labute approximate surface area is 90.0 Å². The fourth-order valence-electron chi connectivity index (χ4n) is 1.05. The number of nitrogens with one attached hydrogen (secondary N) is 1. The Morgan fingerprint density at radius 1 is 1.57 bits per heavy atom. The third kappa shape index (κ3) is 3.90. The lowest BCUT2D eigenvalue weighted by Crippen LogP contribution is -2.15. The number of hydrogen-bond acceptors (Lipinski definition) is 2. The second kappa shape index (κ2) is 5.78.